The molecule has 0 aliphatic carbocycles. The van der Waals surface area contributed by atoms with Gasteiger partial charge in [-0.15, -0.1) is 0 Å². The second-order valence-corrected chi connectivity index (χ2v) is 10.4. The normalized spacial score (nSPS) is 17.4. The largest absolute Gasteiger partial charge is 0.465 e. The van der Waals surface area contributed by atoms with Crippen molar-refractivity contribution in [3.63, 3.8) is 0 Å². The SMILES string of the molecule is COC(=O)c1cnn2ccc(N3CCCC3c3cc(F)cn(CC(C)CN4C(=O)c5ccccc5C4=O)c3=O)nc12. The van der Waals surface area contributed by atoms with E-state index in [0.717, 1.165) is 12.6 Å². The lowest BCUT2D eigenvalue weighted by molar-refractivity contribution is 0.0598. The van der Waals surface area contributed by atoms with Gasteiger partial charge in [0, 0.05) is 37.6 Å². The Bertz CT molecular complexity index is 1730. The van der Waals surface area contributed by atoms with Gasteiger partial charge in [-0.3, -0.25) is 19.3 Å². The van der Waals surface area contributed by atoms with Gasteiger partial charge in [-0.05, 0) is 43.0 Å². The number of anilines is 1. The summed E-state index contributed by atoms with van der Waals surface area (Å²) in [7, 11) is 1.28. The number of methoxy groups -OCH3 is 1. The Hall–Kier alpha value is -4.87. The highest BCUT2D eigenvalue weighted by molar-refractivity contribution is 6.21. The molecule has 0 bridgehead atoms. The molecule has 2 atom stereocenters. The first-order chi connectivity index (χ1) is 19.8. The zero-order chi connectivity index (χ0) is 28.8. The van der Waals surface area contributed by atoms with E-state index in [0.29, 0.717) is 41.1 Å². The van der Waals surface area contributed by atoms with Gasteiger partial charge in [0.05, 0.1) is 30.5 Å². The number of imide groups is 1. The van der Waals surface area contributed by atoms with Crippen LogP contribution in [-0.4, -0.2) is 62.0 Å². The van der Waals surface area contributed by atoms with E-state index in [1.54, 1.807) is 36.5 Å². The van der Waals surface area contributed by atoms with E-state index in [2.05, 4.69) is 10.1 Å². The second-order valence-electron chi connectivity index (χ2n) is 10.4. The van der Waals surface area contributed by atoms with Crippen LogP contribution < -0.4 is 10.5 Å². The molecule has 0 radical (unpaired) electrons. The van der Waals surface area contributed by atoms with E-state index in [-0.39, 0.29) is 41.9 Å². The van der Waals surface area contributed by atoms with E-state index in [1.165, 1.54) is 33.4 Å². The number of esters is 1. The maximum Gasteiger partial charge on any atom is 0.343 e. The molecule has 2 aliphatic rings. The fourth-order valence-electron chi connectivity index (χ4n) is 5.74. The molecule has 210 valence electrons. The lowest BCUT2D eigenvalue weighted by atomic mass is 10.1. The van der Waals surface area contributed by atoms with Crippen LogP contribution in [0.25, 0.3) is 5.65 Å². The highest BCUT2D eigenvalue weighted by Crippen LogP contribution is 2.34. The number of benzene rings is 1. The third-order valence-electron chi connectivity index (χ3n) is 7.63. The quantitative estimate of drug-likeness (QED) is 0.251. The summed E-state index contributed by atoms with van der Waals surface area (Å²) in [5.41, 5.74) is 1.19. The predicted octanol–water partition coefficient (Wildman–Crippen LogP) is 3.09. The number of pyridine rings is 1. The Kier molecular flexibility index (Phi) is 6.60. The van der Waals surface area contributed by atoms with Gasteiger partial charge < -0.3 is 14.2 Å². The van der Waals surface area contributed by atoms with Crippen molar-refractivity contribution in [1.29, 1.82) is 0 Å². The molecule has 0 spiro atoms. The Morgan fingerprint density at radius 1 is 1.12 bits per heavy atom. The molecule has 2 unspecified atom stereocenters. The van der Waals surface area contributed by atoms with Crippen LogP contribution in [0.3, 0.4) is 0 Å². The Balaban J connectivity index is 1.25. The average molecular weight is 559 g/mol. The molecular formula is C29H27FN6O5. The van der Waals surface area contributed by atoms with Crippen molar-refractivity contribution >= 4 is 29.2 Å². The zero-order valence-electron chi connectivity index (χ0n) is 22.5. The van der Waals surface area contributed by atoms with Crippen LogP contribution in [0.4, 0.5) is 10.2 Å². The summed E-state index contributed by atoms with van der Waals surface area (Å²) < 4.78 is 22.5. The first kappa shape index (κ1) is 26.4. The number of ether oxygens (including phenoxy) is 1. The molecule has 2 amide bonds. The number of fused-ring (bicyclic) bond motifs is 2. The van der Waals surface area contributed by atoms with Crippen molar-refractivity contribution < 1.29 is 23.5 Å². The molecule has 2 aliphatic heterocycles. The smallest absolute Gasteiger partial charge is 0.343 e. The summed E-state index contributed by atoms with van der Waals surface area (Å²) in [6.07, 6.45) is 5.58. The molecule has 5 heterocycles. The average Bonchev–Trinajstić information content (AvgIpc) is 3.68. The van der Waals surface area contributed by atoms with Gasteiger partial charge >= 0.3 is 5.97 Å². The third-order valence-corrected chi connectivity index (χ3v) is 7.63. The maximum absolute atomic E-state index is 14.9. The number of carbonyl (C=O) groups excluding carboxylic acids is 3. The van der Waals surface area contributed by atoms with Crippen LogP contribution in [0.1, 0.15) is 62.4 Å². The van der Waals surface area contributed by atoms with Gasteiger partial charge in [0.2, 0.25) is 0 Å². The van der Waals surface area contributed by atoms with Crippen LogP contribution >= 0.6 is 0 Å². The lowest BCUT2D eigenvalue weighted by Crippen LogP contribution is -2.37. The summed E-state index contributed by atoms with van der Waals surface area (Å²) in [4.78, 5) is 59.1. The van der Waals surface area contributed by atoms with E-state index in [1.807, 2.05) is 11.8 Å². The minimum atomic E-state index is -0.564. The predicted molar refractivity (Wildman–Crippen MR) is 145 cm³/mol. The van der Waals surface area contributed by atoms with E-state index in [4.69, 9.17) is 4.74 Å². The lowest BCUT2D eigenvalue weighted by Gasteiger charge is -2.26. The van der Waals surface area contributed by atoms with Crippen LogP contribution in [0.5, 0.6) is 0 Å². The molecule has 11 nitrogen and oxygen atoms in total. The highest BCUT2D eigenvalue weighted by atomic mass is 19.1. The van der Waals surface area contributed by atoms with Gasteiger partial charge in [-0.2, -0.15) is 5.10 Å². The number of hydrogen-bond acceptors (Lipinski definition) is 8. The molecule has 4 aromatic rings. The summed E-state index contributed by atoms with van der Waals surface area (Å²) in [6.45, 7) is 2.61. The van der Waals surface area contributed by atoms with Gasteiger partial charge in [-0.25, -0.2) is 18.7 Å². The molecule has 1 saturated heterocycles. The Labute approximate surface area is 233 Å². The number of amides is 2. The zero-order valence-corrected chi connectivity index (χ0v) is 22.5. The number of hydrogen-bond donors (Lipinski definition) is 0. The number of nitrogens with zero attached hydrogens (tertiary/aromatic N) is 6. The summed E-state index contributed by atoms with van der Waals surface area (Å²) in [5, 5.41) is 4.14. The Morgan fingerprint density at radius 3 is 2.56 bits per heavy atom. The van der Waals surface area contributed by atoms with Crippen LogP contribution in [0.15, 0.2) is 59.8 Å². The fourth-order valence-corrected chi connectivity index (χ4v) is 5.74. The van der Waals surface area contributed by atoms with Crippen LogP contribution in [0.2, 0.25) is 0 Å². The van der Waals surface area contributed by atoms with Crippen molar-refractivity contribution in [2.24, 2.45) is 5.92 Å². The molecular weight excluding hydrogens is 531 g/mol. The fraction of sp³-hybridized carbons (Fsp3) is 0.310. The van der Waals surface area contributed by atoms with Crippen LogP contribution in [0, 0.1) is 11.7 Å². The minimum absolute atomic E-state index is 0.0952. The Morgan fingerprint density at radius 2 is 1.85 bits per heavy atom. The molecule has 1 aromatic carbocycles. The number of aromatic nitrogens is 4. The van der Waals surface area contributed by atoms with Crippen molar-refractivity contribution in [1.82, 2.24) is 24.1 Å². The molecule has 6 rings (SSSR count). The topological polar surface area (TPSA) is 119 Å². The van der Waals surface area contributed by atoms with Gasteiger partial charge in [0.25, 0.3) is 17.4 Å². The second kappa shape index (κ2) is 10.3. The van der Waals surface area contributed by atoms with Crippen molar-refractivity contribution in [3.05, 3.63) is 93.4 Å². The first-order valence-corrected chi connectivity index (χ1v) is 13.3. The van der Waals surface area contributed by atoms with E-state index >= 15 is 0 Å². The summed E-state index contributed by atoms with van der Waals surface area (Å²) in [5.74, 6) is -1.65. The molecule has 0 saturated carbocycles. The standard InChI is InChI=1S/C29H27FN6O5/c1-17(15-35-27(38)19-6-3-4-7-20(19)28(35)39)14-33-16-18(30)12-21(26(33)37)23-8-5-10-34(23)24-9-11-36-25(32-24)22(13-31-36)29(40)41-2/h3-4,6-7,9,11-13,16-17,23H,5,8,10,14-15H2,1-2H3. The van der Waals surface area contributed by atoms with Crippen molar-refractivity contribution in [3.8, 4) is 0 Å². The molecule has 3 aromatic heterocycles. The molecule has 41 heavy (non-hydrogen) atoms. The van der Waals surface area contributed by atoms with Crippen molar-refractivity contribution in [2.75, 3.05) is 25.1 Å². The summed E-state index contributed by atoms with van der Waals surface area (Å²) >= 11 is 0. The van der Waals surface area contributed by atoms with E-state index in [9.17, 15) is 23.6 Å². The van der Waals surface area contributed by atoms with Gasteiger partial charge in [0.15, 0.2) is 5.65 Å². The van der Waals surface area contributed by atoms with Gasteiger partial charge in [0.1, 0.15) is 17.2 Å². The maximum atomic E-state index is 14.9. The first-order valence-electron chi connectivity index (χ1n) is 13.3. The third kappa shape index (κ3) is 4.54. The summed E-state index contributed by atoms with van der Waals surface area (Å²) in [6, 6.07) is 9.21. The van der Waals surface area contributed by atoms with E-state index < -0.39 is 17.8 Å². The number of carbonyl (C=O) groups is 3. The minimum Gasteiger partial charge on any atom is -0.465 e. The molecule has 1 fully saturated rings. The monoisotopic (exact) mass is 558 g/mol. The number of halogens is 1. The highest BCUT2D eigenvalue weighted by Gasteiger charge is 2.36. The van der Waals surface area contributed by atoms with Gasteiger partial charge in [-0.1, -0.05) is 19.1 Å². The van der Waals surface area contributed by atoms with Crippen LogP contribution in [-0.2, 0) is 11.3 Å². The molecule has 0 N–H and O–H groups in total. The van der Waals surface area contributed by atoms with Crippen molar-refractivity contribution in [2.45, 2.75) is 32.4 Å². The number of rotatable bonds is 7. The molecule has 12 heteroatoms.